The van der Waals surface area contributed by atoms with Gasteiger partial charge >= 0.3 is 0 Å². The molecule has 4 heteroatoms. The smallest absolute Gasteiger partial charge is 0.269 e. The Balaban J connectivity index is 1.77. The number of non-ortho nitro benzene ring substituents is 1. The van der Waals surface area contributed by atoms with E-state index >= 15 is 0 Å². The van der Waals surface area contributed by atoms with Gasteiger partial charge in [-0.3, -0.25) is 15.0 Å². The average Bonchev–Trinajstić information content (AvgIpc) is 2.58. The van der Waals surface area contributed by atoms with Crippen molar-refractivity contribution in [3.8, 4) is 0 Å². The molecule has 0 N–H and O–H groups in total. The lowest BCUT2D eigenvalue weighted by molar-refractivity contribution is -0.384. The fourth-order valence-corrected chi connectivity index (χ4v) is 4.76. The summed E-state index contributed by atoms with van der Waals surface area (Å²) in [5, 5.41) is 10.9. The van der Waals surface area contributed by atoms with Crippen molar-refractivity contribution in [2.24, 2.45) is 10.8 Å². The molecule has 1 aliphatic carbocycles. The van der Waals surface area contributed by atoms with Gasteiger partial charge in [-0.15, -0.1) is 0 Å². The Hall–Kier alpha value is -1.42. The molecule has 1 saturated heterocycles. The Kier molecular flexibility index (Phi) is 3.32. The monoisotopic (exact) mass is 288 g/mol. The summed E-state index contributed by atoms with van der Waals surface area (Å²) >= 11 is 0. The van der Waals surface area contributed by atoms with E-state index in [2.05, 4.69) is 25.7 Å². The van der Waals surface area contributed by atoms with Crippen LogP contribution in [0.1, 0.15) is 45.6 Å². The topological polar surface area (TPSA) is 46.4 Å². The van der Waals surface area contributed by atoms with Crippen LogP contribution in [0.5, 0.6) is 0 Å². The highest BCUT2D eigenvalue weighted by Gasteiger charge is 2.49. The van der Waals surface area contributed by atoms with Crippen LogP contribution in [0.3, 0.4) is 0 Å². The van der Waals surface area contributed by atoms with Crippen molar-refractivity contribution in [3.05, 3.63) is 39.9 Å². The van der Waals surface area contributed by atoms with E-state index in [-0.39, 0.29) is 10.6 Å². The molecule has 2 aliphatic rings. The summed E-state index contributed by atoms with van der Waals surface area (Å²) < 4.78 is 0. The van der Waals surface area contributed by atoms with Crippen molar-refractivity contribution in [1.82, 2.24) is 4.90 Å². The van der Waals surface area contributed by atoms with Crippen molar-refractivity contribution >= 4 is 5.69 Å². The standard InChI is InChI=1S/C17H24N2O2/c1-16(2)8-15-9-17(3,11-16)12-18(15)10-13-5-4-6-14(7-13)19(20)21/h4-7,15H,8-12H2,1-3H3/t15-,17+/m0/s1. The van der Waals surface area contributed by atoms with Gasteiger partial charge in [0.15, 0.2) is 0 Å². The second-order valence-corrected chi connectivity index (χ2v) is 8.05. The van der Waals surface area contributed by atoms with Gasteiger partial charge in [0.25, 0.3) is 5.69 Å². The van der Waals surface area contributed by atoms with Crippen LogP contribution < -0.4 is 0 Å². The molecule has 2 atom stereocenters. The molecule has 0 amide bonds. The summed E-state index contributed by atoms with van der Waals surface area (Å²) in [5.41, 5.74) is 2.07. The van der Waals surface area contributed by atoms with Crippen molar-refractivity contribution in [2.45, 2.75) is 52.6 Å². The molecule has 1 heterocycles. The van der Waals surface area contributed by atoms with Gasteiger partial charge in [0, 0.05) is 31.3 Å². The van der Waals surface area contributed by atoms with Crippen LogP contribution in [0.25, 0.3) is 0 Å². The van der Waals surface area contributed by atoms with Crippen molar-refractivity contribution in [2.75, 3.05) is 6.54 Å². The van der Waals surface area contributed by atoms with E-state index in [1.54, 1.807) is 18.2 Å². The molecule has 4 nitrogen and oxygen atoms in total. The van der Waals surface area contributed by atoms with Gasteiger partial charge in [0.1, 0.15) is 0 Å². The van der Waals surface area contributed by atoms with E-state index in [1.807, 2.05) is 6.07 Å². The van der Waals surface area contributed by atoms with E-state index in [4.69, 9.17) is 0 Å². The lowest BCUT2D eigenvalue weighted by Gasteiger charge is -2.40. The first-order valence-corrected chi connectivity index (χ1v) is 7.74. The Morgan fingerprint density at radius 3 is 2.81 bits per heavy atom. The van der Waals surface area contributed by atoms with Crippen LogP contribution >= 0.6 is 0 Å². The lowest BCUT2D eigenvalue weighted by atomic mass is 9.65. The third kappa shape index (κ3) is 2.95. The Morgan fingerprint density at radius 2 is 2.10 bits per heavy atom. The predicted octanol–water partition coefficient (Wildman–Crippen LogP) is 4.00. The van der Waals surface area contributed by atoms with E-state index < -0.39 is 0 Å². The quantitative estimate of drug-likeness (QED) is 0.624. The number of rotatable bonds is 3. The number of nitro benzene ring substituents is 1. The number of hydrogen-bond donors (Lipinski definition) is 0. The first kappa shape index (κ1) is 14.5. The normalized spacial score (nSPS) is 31.3. The van der Waals surface area contributed by atoms with Gasteiger partial charge in [0.2, 0.25) is 0 Å². The summed E-state index contributed by atoms with van der Waals surface area (Å²) in [4.78, 5) is 13.1. The van der Waals surface area contributed by atoms with Crippen LogP contribution in [0.2, 0.25) is 0 Å². The van der Waals surface area contributed by atoms with E-state index in [9.17, 15) is 10.1 Å². The molecule has 1 saturated carbocycles. The fourth-order valence-electron chi connectivity index (χ4n) is 4.76. The minimum absolute atomic E-state index is 0.196. The zero-order valence-corrected chi connectivity index (χ0v) is 13.1. The lowest BCUT2D eigenvalue weighted by Crippen LogP contribution is -2.34. The Labute approximate surface area is 126 Å². The molecule has 0 spiro atoms. The second kappa shape index (κ2) is 4.80. The minimum Gasteiger partial charge on any atom is -0.296 e. The van der Waals surface area contributed by atoms with Gasteiger partial charge in [-0.25, -0.2) is 0 Å². The summed E-state index contributed by atoms with van der Waals surface area (Å²) in [6.45, 7) is 9.08. The van der Waals surface area contributed by atoms with Crippen molar-refractivity contribution < 1.29 is 4.92 Å². The average molecular weight is 288 g/mol. The highest BCUT2D eigenvalue weighted by molar-refractivity contribution is 5.34. The summed E-state index contributed by atoms with van der Waals surface area (Å²) in [7, 11) is 0. The Bertz CT molecular complexity index is 570. The van der Waals surface area contributed by atoms with Crippen molar-refractivity contribution in [3.63, 3.8) is 0 Å². The highest BCUT2D eigenvalue weighted by atomic mass is 16.6. The molecule has 1 aromatic rings. The first-order valence-electron chi connectivity index (χ1n) is 7.74. The molecule has 2 fully saturated rings. The number of likely N-dealkylation sites (tertiary alicyclic amines) is 1. The molecule has 1 aliphatic heterocycles. The van der Waals surface area contributed by atoms with Crippen LogP contribution in [0.15, 0.2) is 24.3 Å². The predicted molar refractivity (Wildman–Crippen MR) is 83.0 cm³/mol. The summed E-state index contributed by atoms with van der Waals surface area (Å²) in [6.07, 6.45) is 3.78. The molecule has 0 radical (unpaired) electrons. The van der Waals surface area contributed by atoms with E-state index in [0.29, 0.717) is 16.9 Å². The number of fused-ring (bicyclic) bond motifs is 2. The Morgan fingerprint density at radius 1 is 1.33 bits per heavy atom. The van der Waals surface area contributed by atoms with Gasteiger partial charge in [0.05, 0.1) is 4.92 Å². The number of nitrogens with zero attached hydrogens (tertiary/aromatic N) is 2. The summed E-state index contributed by atoms with van der Waals surface area (Å²) in [6, 6.07) is 7.70. The summed E-state index contributed by atoms with van der Waals surface area (Å²) in [5.74, 6) is 0. The molecule has 1 aromatic carbocycles. The molecule has 3 rings (SSSR count). The molecule has 0 aromatic heterocycles. The zero-order chi connectivity index (χ0) is 15.3. The van der Waals surface area contributed by atoms with Gasteiger partial charge in [-0.05, 0) is 35.7 Å². The maximum Gasteiger partial charge on any atom is 0.269 e. The number of nitro groups is 1. The number of benzene rings is 1. The molecule has 2 bridgehead atoms. The van der Waals surface area contributed by atoms with Gasteiger partial charge in [-0.2, -0.15) is 0 Å². The van der Waals surface area contributed by atoms with Crippen LogP contribution in [0, 0.1) is 20.9 Å². The van der Waals surface area contributed by atoms with E-state index in [0.717, 1.165) is 18.7 Å². The maximum atomic E-state index is 10.9. The third-order valence-corrected chi connectivity index (χ3v) is 5.03. The van der Waals surface area contributed by atoms with Gasteiger partial charge in [-0.1, -0.05) is 32.9 Å². The molecule has 114 valence electrons. The first-order chi connectivity index (χ1) is 9.76. The van der Waals surface area contributed by atoms with Gasteiger partial charge < -0.3 is 0 Å². The van der Waals surface area contributed by atoms with Crippen molar-refractivity contribution in [1.29, 1.82) is 0 Å². The molecule has 21 heavy (non-hydrogen) atoms. The molecular weight excluding hydrogens is 264 g/mol. The molecular formula is C17H24N2O2. The zero-order valence-electron chi connectivity index (χ0n) is 13.1. The largest absolute Gasteiger partial charge is 0.296 e. The number of hydrogen-bond acceptors (Lipinski definition) is 3. The fraction of sp³-hybridized carbons (Fsp3) is 0.647. The SMILES string of the molecule is CC1(C)C[C@H]2C[C@@](C)(CN2Cc2cccc([N+](=O)[O-])c2)C1. The third-order valence-electron chi connectivity index (χ3n) is 5.03. The minimum atomic E-state index is -0.309. The van der Waals surface area contributed by atoms with Crippen LogP contribution in [0.4, 0.5) is 5.69 Å². The van der Waals surface area contributed by atoms with Crippen LogP contribution in [-0.2, 0) is 6.54 Å². The maximum absolute atomic E-state index is 10.9. The highest BCUT2D eigenvalue weighted by Crippen LogP contribution is 2.52. The van der Waals surface area contributed by atoms with E-state index in [1.165, 1.54) is 19.3 Å². The molecule has 0 unspecified atom stereocenters. The second-order valence-electron chi connectivity index (χ2n) is 8.05. The van der Waals surface area contributed by atoms with Crippen LogP contribution in [-0.4, -0.2) is 22.4 Å².